The van der Waals surface area contributed by atoms with Crippen LogP contribution in [0.2, 0.25) is 0 Å². The van der Waals surface area contributed by atoms with Gasteiger partial charge < -0.3 is 54.7 Å². The molecule has 0 bridgehead atoms. The summed E-state index contributed by atoms with van der Waals surface area (Å²) in [6.45, 7) is -0.845. The van der Waals surface area contributed by atoms with E-state index < -0.39 is 59.7 Å². The highest BCUT2D eigenvalue weighted by atomic mass is 16.8. The maximum absolute atomic E-state index is 12.9. The SMILES string of the molecule is O=c1cc(-c2ccc(O)c(O)c2)oc2cc(O)cc(O[C@@]3(O)O[C@H](CO)[C@@H](O)[C@H](O)[C@H]3O)c12. The van der Waals surface area contributed by atoms with Crippen LogP contribution in [0, 0.1) is 0 Å². The van der Waals surface area contributed by atoms with E-state index in [9.17, 15) is 45.6 Å². The van der Waals surface area contributed by atoms with Crippen molar-refractivity contribution in [2.45, 2.75) is 30.4 Å². The first-order valence-corrected chi connectivity index (χ1v) is 9.61. The summed E-state index contributed by atoms with van der Waals surface area (Å²) in [5.74, 6) is -4.87. The number of phenols is 3. The standard InChI is InChI=1S/C21H20O12/c22-7-16-18(27)19(28)20(29)21(30,33-16)32-15-5-9(23)4-14-17(15)12(26)6-13(31-14)8-1-2-10(24)11(25)3-8/h1-6,16,18-20,22-25,27-30H,7H2/t16-,18-,19+,20-,21-/m1/s1. The maximum Gasteiger partial charge on any atom is 0.355 e. The van der Waals surface area contributed by atoms with Gasteiger partial charge in [0.2, 0.25) is 0 Å². The van der Waals surface area contributed by atoms with E-state index in [1.165, 1.54) is 12.1 Å². The summed E-state index contributed by atoms with van der Waals surface area (Å²) in [4.78, 5) is 12.9. The normalized spacial score (nSPS) is 27.5. The van der Waals surface area contributed by atoms with E-state index in [1.807, 2.05) is 0 Å². The molecule has 0 spiro atoms. The van der Waals surface area contributed by atoms with Gasteiger partial charge in [0.25, 0.3) is 0 Å². The van der Waals surface area contributed by atoms with Crippen LogP contribution < -0.4 is 10.2 Å². The minimum Gasteiger partial charge on any atom is -0.508 e. The Kier molecular flexibility index (Phi) is 5.66. The Bertz CT molecular complexity index is 1250. The van der Waals surface area contributed by atoms with Crippen molar-refractivity contribution in [1.82, 2.24) is 0 Å². The number of aromatic hydroxyl groups is 3. The molecule has 12 heteroatoms. The van der Waals surface area contributed by atoms with Crippen LogP contribution in [0.25, 0.3) is 22.3 Å². The Hall–Kier alpha value is -3.39. The van der Waals surface area contributed by atoms with Gasteiger partial charge >= 0.3 is 5.97 Å². The zero-order valence-corrected chi connectivity index (χ0v) is 16.7. The first-order chi connectivity index (χ1) is 15.5. The lowest BCUT2D eigenvalue weighted by atomic mass is 9.98. The van der Waals surface area contributed by atoms with Crippen molar-refractivity contribution in [3.8, 4) is 34.3 Å². The number of hydrogen-bond acceptors (Lipinski definition) is 12. The third-order valence-electron chi connectivity index (χ3n) is 5.22. The second kappa shape index (κ2) is 8.19. The maximum atomic E-state index is 12.9. The Balaban J connectivity index is 1.80. The molecule has 8 N–H and O–H groups in total. The average Bonchev–Trinajstić information content (AvgIpc) is 2.76. The number of hydrogen-bond donors (Lipinski definition) is 8. The second-order valence-electron chi connectivity index (χ2n) is 7.49. The summed E-state index contributed by atoms with van der Waals surface area (Å²) < 4.78 is 15.9. The van der Waals surface area contributed by atoms with Gasteiger partial charge in [0.15, 0.2) is 23.0 Å². The fourth-order valence-corrected chi connectivity index (χ4v) is 3.50. The second-order valence-corrected chi connectivity index (χ2v) is 7.49. The van der Waals surface area contributed by atoms with Crippen LogP contribution in [0.15, 0.2) is 45.6 Å². The lowest BCUT2D eigenvalue weighted by molar-refractivity contribution is -0.422. The van der Waals surface area contributed by atoms with Crippen molar-refractivity contribution in [2.75, 3.05) is 6.61 Å². The molecule has 176 valence electrons. The number of ether oxygens (including phenoxy) is 2. The van der Waals surface area contributed by atoms with Gasteiger partial charge in [0.1, 0.15) is 46.5 Å². The number of aliphatic hydroxyl groups excluding tert-OH is 4. The van der Waals surface area contributed by atoms with Gasteiger partial charge in [-0.25, -0.2) is 0 Å². The largest absolute Gasteiger partial charge is 0.508 e. The van der Waals surface area contributed by atoms with E-state index in [0.717, 1.165) is 24.3 Å². The minimum atomic E-state index is -3.01. The highest BCUT2D eigenvalue weighted by Gasteiger charge is 2.55. The molecule has 2 aromatic carbocycles. The summed E-state index contributed by atoms with van der Waals surface area (Å²) in [6.07, 6.45) is -7.49. The highest BCUT2D eigenvalue weighted by Crippen LogP contribution is 2.37. The summed E-state index contributed by atoms with van der Waals surface area (Å²) in [5, 5.41) is 79.0. The van der Waals surface area contributed by atoms with Crippen LogP contribution in [0.3, 0.4) is 0 Å². The average molecular weight is 464 g/mol. The Morgan fingerprint density at radius 2 is 1.70 bits per heavy atom. The van der Waals surface area contributed by atoms with E-state index in [0.29, 0.717) is 0 Å². The van der Waals surface area contributed by atoms with Gasteiger partial charge in [-0.05, 0) is 18.2 Å². The Morgan fingerprint density at radius 1 is 0.970 bits per heavy atom. The zero-order valence-electron chi connectivity index (χ0n) is 16.7. The molecule has 1 saturated heterocycles. The van der Waals surface area contributed by atoms with Gasteiger partial charge in [-0.2, -0.15) is 0 Å². The number of fused-ring (bicyclic) bond motifs is 1. The van der Waals surface area contributed by atoms with E-state index in [2.05, 4.69) is 0 Å². The fourth-order valence-electron chi connectivity index (χ4n) is 3.50. The van der Waals surface area contributed by atoms with Crippen molar-refractivity contribution in [1.29, 1.82) is 0 Å². The minimum absolute atomic E-state index is 0.0362. The molecule has 1 aromatic heterocycles. The van der Waals surface area contributed by atoms with E-state index >= 15 is 0 Å². The number of benzene rings is 2. The topological polar surface area (TPSA) is 211 Å². The molecule has 0 amide bonds. The smallest absolute Gasteiger partial charge is 0.355 e. The summed E-state index contributed by atoms with van der Waals surface area (Å²) in [5.41, 5.74) is -0.710. The van der Waals surface area contributed by atoms with E-state index in [1.54, 1.807) is 0 Å². The predicted octanol–water partition coefficient (Wildman–Crippen LogP) is -0.925. The Labute approximate surface area is 184 Å². The van der Waals surface area contributed by atoms with Gasteiger partial charge in [0, 0.05) is 23.8 Å². The molecule has 0 saturated carbocycles. The predicted molar refractivity (Wildman–Crippen MR) is 108 cm³/mol. The quantitative estimate of drug-likeness (QED) is 0.174. The number of phenolic OH excluding ortho intramolecular Hbond substituents is 3. The van der Waals surface area contributed by atoms with Crippen LogP contribution in [0.4, 0.5) is 0 Å². The van der Waals surface area contributed by atoms with Gasteiger partial charge in [-0.3, -0.25) is 4.79 Å². The molecule has 0 aliphatic carbocycles. The van der Waals surface area contributed by atoms with Crippen LogP contribution in [0.5, 0.6) is 23.0 Å². The molecular weight excluding hydrogens is 444 g/mol. The van der Waals surface area contributed by atoms with E-state index in [-0.39, 0.29) is 28.0 Å². The van der Waals surface area contributed by atoms with Gasteiger partial charge in [-0.15, -0.1) is 0 Å². The molecule has 1 fully saturated rings. The van der Waals surface area contributed by atoms with Crippen molar-refractivity contribution in [3.63, 3.8) is 0 Å². The summed E-state index contributed by atoms with van der Waals surface area (Å²) >= 11 is 0. The van der Waals surface area contributed by atoms with Crippen LogP contribution in [-0.4, -0.2) is 77.8 Å². The van der Waals surface area contributed by atoms with Crippen molar-refractivity contribution >= 4 is 11.0 Å². The summed E-state index contributed by atoms with van der Waals surface area (Å²) in [6, 6.07) is 6.72. The lowest BCUT2D eigenvalue weighted by Crippen LogP contribution is -2.67. The molecule has 2 heterocycles. The zero-order chi connectivity index (χ0) is 24.1. The van der Waals surface area contributed by atoms with Gasteiger partial charge in [-0.1, -0.05) is 0 Å². The molecule has 4 rings (SSSR count). The third-order valence-corrected chi connectivity index (χ3v) is 5.22. The van der Waals surface area contributed by atoms with Crippen LogP contribution in [0.1, 0.15) is 0 Å². The molecule has 0 radical (unpaired) electrons. The van der Waals surface area contributed by atoms with Crippen LogP contribution >= 0.6 is 0 Å². The monoisotopic (exact) mass is 464 g/mol. The highest BCUT2D eigenvalue weighted by molar-refractivity contribution is 5.86. The lowest BCUT2D eigenvalue weighted by Gasteiger charge is -2.44. The molecular formula is C21H20O12. The molecule has 1 aliphatic rings. The molecule has 5 atom stereocenters. The molecule has 1 aliphatic heterocycles. The van der Waals surface area contributed by atoms with Crippen molar-refractivity contribution in [2.24, 2.45) is 0 Å². The third kappa shape index (κ3) is 3.95. The van der Waals surface area contributed by atoms with Gasteiger partial charge in [0.05, 0.1) is 6.61 Å². The summed E-state index contributed by atoms with van der Waals surface area (Å²) in [7, 11) is 0. The molecule has 33 heavy (non-hydrogen) atoms. The van der Waals surface area contributed by atoms with Crippen molar-refractivity contribution in [3.05, 3.63) is 46.6 Å². The molecule has 3 aromatic rings. The first kappa shape index (κ1) is 22.8. The molecule has 0 unspecified atom stereocenters. The first-order valence-electron chi connectivity index (χ1n) is 9.61. The number of aliphatic hydroxyl groups is 5. The van der Waals surface area contributed by atoms with Crippen molar-refractivity contribution < 1.29 is 54.7 Å². The Morgan fingerprint density at radius 3 is 2.36 bits per heavy atom. The molecule has 12 nitrogen and oxygen atoms in total. The van der Waals surface area contributed by atoms with E-state index in [4.69, 9.17) is 13.9 Å². The number of rotatable bonds is 4. The fraction of sp³-hybridized carbons (Fsp3) is 0.286. The van der Waals surface area contributed by atoms with Crippen LogP contribution in [-0.2, 0) is 4.74 Å².